The van der Waals surface area contributed by atoms with Crippen molar-refractivity contribution in [1.29, 1.82) is 5.41 Å². The molecule has 2 saturated heterocycles. The zero-order chi connectivity index (χ0) is 32.0. The number of fused-ring (bicyclic) bond motifs is 2. The van der Waals surface area contributed by atoms with Crippen LogP contribution in [0, 0.1) is 5.41 Å². The molecule has 12 nitrogen and oxygen atoms in total. The largest absolute Gasteiger partial charge is 0.387 e. The Morgan fingerprint density at radius 2 is 1.85 bits per heavy atom. The van der Waals surface area contributed by atoms with E-state index in [1.165, 1.54) is 6.21 Å². The second-order valence-corrected chi connectivity index (χ2v) is 12.0. The first kappa shape index (κ1) is 30.9. The van der Waals surface area contributed by atoms with Gasteiger partial charge >= 0.3 is 0 Å². The van der Waals surface area contributed by atoms with Crippen LogP contribution >= 0.6 is 0 Å². The molecule has 0 spiro atoms. The quantitative estimate of drug-likeness (QED) is 0.144. The number of carbonyl (C=O) groups is 4. The highest BCUT2D eigenvalue weighted by Gasteiger charge is 2.39. The number of anilines is 1. The number of unbranched alkanes of at least 4 members (excludes halogenated alkanes) is 1. The lowest BCUT2D eigenvalue weighted by Crippen LogP contribution is -2.52. The molecule has 12 heteroatoms. The van der Waals surface area contributed by atoms with E-state index in [1.54, 1.807) is 17.2 Å². The van der Waals surface area contributed by atoms with Gasteiger partial charge < -0.3 is 25.8 Å². The number of benzene rings is 2. The number of para-hydroxylation sites is 2. The number of rotatable bonds is 11. The maximum atomic E-state index is 12.9. The van der Waals surface area contributed by atoms with Gasteiger partial charge in [0.25, 0.3) is 5.91 Å². The molecule has 4 N–H and O–H groups in total. The summed E-state index contributed by atoms with van der Waals surface area (Å²) in [4.78, 5) is 62.1. The van der Waals surface area contributed by atoms with E-state index in [2.05, 4.69) is 25.9 Å². The highest BCUT2D eigenvalue weighted by molar-refractivity contribution is 6.07. The normalized spacial score (nSPS) is 18.8. The first-order valence-corrected chi connectivity index (χ1v) is 15.9. The molecule has 46 heavy (non-hydrogen) atoms. The summed E-state index contributed by atoms with van der Waals surface area (Å²) in [5.74, 6) is -0.722. The van der Waals surface area contributed by atoms with Crippen LogP contribution in [0.4, 0.5) is 5.69 Å². The average Bonchev–Trinajstić information content (AvgIpc) is 3.39. The van der Waals surface area contributed by atoms with Crippen LogP contribution in [0.25, 0.3) is 16.6 Å². The number of nitrogens with zero attached hydrogens (tertiary/aromatic N) is 4. The molecule has 1 atom stereocenters. The van der Waals surface area contributed by atoms with Gasteiger partial charge in [-0.3, -0.25) is 29.5 Å². The maximum Gasteiger partial charge on any atom is 0.255 e. The smallest absolute Gasteiger partial charge is 0.255 e. The minimum atomic E-state index is -0.623. The molecule has 3 aliphatic heterocycles. The van der Waals surface area contributed by atoms with Crippen LogP contribution in [-0.2, 0) is 20.9 Å². The third-order valence-electron chi connectivity index (χ3n) is 8.89. The van der Waals surface area contributed by atoms with E-state index in [9.17, 15) is 19.2 Å². The van der Waals surface area contributed by atoms with E-state index in [-0.39, 0.29) is 30.2 Å². The number of nitrogens with one attached hydrogen (secondary N) is 4. The van der Waals surface area contributed by atoms with Crippen molar-refractivity contribution in [3.63, 3.8) is 0 Å². The van der Waals surface area contributed by atoms with Crippen molar-refractivity contribution in [2.24, 2.45) is 0 Å². The summed E-state index contributed by atoms with van der Waals surface area (Å²) in [6.07, 6.45) is 9.14. The Kier molecular flexibility index (Phi) is 9.32. The van der Waals surface area contributed by atoms with Crippen LogP contribution < -0.4 is 16.0 Å². The van der Waals surface area contributed by atoms with Crippen molar-refractivity contribution in [1.82, 2.24) is 30.4 Å². The van der Waals surface area contributed by atoms with Crippen molar-refractivity contribution in [3.8, 4) is 0 Å². The molecule has 4 amide bonds. The molecule has 2 fully saturated rings. The molecule has 0 aliphatic carbocycles. The summed E-state index contributed by atoms with van der Waals surface area (Å²) in [6.45, 7) is 2.44. The average molecular weight is 623 g/mol. The van der Waals surface area contributed by atoms with E-state index in [0.717, 1.165) is 48.0 Å². The standard InChI is InChI=1S/C34H38N8O4/c35-18-23(29-20-38-27-5-1-2-6-28(27)39-29)19-37-24-12-15-41(16-13-24)32(44)7-3-4-14-36-25-8-9-26-22(17-25)21-42(34(26)46)30-10-11-31(43)40-33(30)45/h1-2,5-6,8-9,17-20,24,30,35-37H,3-4,7,10-16,21H2,(H,40,43,45)/b23-19+,35-18?. The van der Waals surface area contributed by atoms with Gasteiger partial charge in [0, 0.05) is 74.3 Å². The molecule has 0 radical (unpaired) electrons. The highest BCUT2D eigenvalue weighted by atomic mass is 16.2. The van der Waals surface area contributed by atoms with Gasteiger partial charge in [0.15, 0.2) is 0 Å². The molecule has 238 valence electrons. The SMILES string of the molecule is N=C/C(=C\NC1CCN(C(=O)CCCCNc2ccc3c(c2)CN(C2CCC(=O)NC2=O)C3=O)CC1)c1cnc2ccccc2n1. The summed E-state index contributed by atoms with van der Waals surface area (Å²) in [5, 5.41) is 17.0. The Morgan fingerprint density at radius 1 is 1.04 bits per heavy atom. The van der Waals surface area contributed by atoms with E-state index < -0.39 is 11.9 Å². The second-order valence-electron chi connectivity index (χ2n) is 12.0. The zero-order valence-electron chi connectivity index (χ0n) is 25.6. The number of piperidine rings is 2. The van der Waals surface area contributed by atoms with Crippen LogP contribution in [0.3, 0.4) is 0 Å². The topological polar surface area (TPSA) is 160 Å². The second kappa shape index (κ2) is 13.9. The predicted molar refractivity (Wildman–Crippen MR) is 174 cm³/mol. The fourth-order valence-electron chi connectivity index (χ4n) is 6.27. The number of aromatic nitrogens is 2. The first-order valence-electron chi connectivity index (χ1n) is 15.9. The number of allylic oxidation sites excluding steroid dienone is 1. The molecular formula is C34H38N8O4. The van der Waals surface area contributed by atoms with Gasteiger partial charge in [0.2, 0.25) is 17.7 Å². The van der Waals surface area contributed by atoms with Gasteiger partial charge in [0.1, 0.15) is 6.04 Å². The Hall–Kier alpha value is -5.13. The van der Waals surface area contributed by atoms with Crippen LogP contribution in [0.15, 0.2) is 54.9 Å². The lowest BCUT2D eigenvalue weighted by atomic mass is 10.0. The monoisotopic (exact) mass is 622 g/mol. The molecule has 1 unspecified atom stereocenters. The van der Waals surface area contributed by atoms with Crippen molar-refractivity contribution in [2.45, 2.75) is 63.6 Å². The van der Waals surface area contributed by atoms with Crippen molar-refractivity contribution < 1.29 is 19.2 Å². The lowest BCUT2D eigenvalue weighted by Gasteiger charge is -2.32. The van der Waals surface area contributed by atoms with Crippen molar-refractivity contribution in [3.05, 3.63) is 71.7 Å². The van der Waals surface area contributed by atoms with Gasteiger partial charge in [-0.25, -0.2) is 4.98 Å². The summed E-state index contributed by atoms with van der Waals surface area (Å²) in [5.41, 5.74) is 5.25. The molecule has 0 saturated carbocycles. The van der Waals surface area contributed by atoms with E-state index in [4.69, 9.17) is 5.41 Å². The van der Waals surface area contributed by atoms with Gasteiger partial charge in [-0.05, 0) is 68.0 Å². The van der Waals surface area contributed by atoms with E-state index >= 15 is 0 Å². The van der Waals surface area contributed by atoms with Crippen LogP contribution in [0.2, 0.25) is 0 Å². The number of hydrogen-bond acceptors (Lipinski definition) is 9. The molecule has 4 heterocycles. The van der Waals surface area contributed by atoms with Crippen LogP contribution in [-0.4, -0.2) is 81.3 Å². The number of hydrogen-bond donors (Lipinski definition) is 4. The van der Waals surface area contributed by atoms with Crippen LogP contribution in [0.1, 0.15) is 66.6 Å². The van der Waals surface area contributed by atoms with Crippen molar-refractivity contribution >= 4 is 52.1 Å². The number of amides is 4. The summed E-state index contributed by atoms with van der Waals surface area (Å²) in [6, 6.07) is 12.8. The summed E-state index contributed by atoms with van der Waals surface area (Å²) < 4.78 is 0. The number of imide groups is 1. The minimum Gasteiger partial charge on any atom is -0.387 e. The molecule has 6 rings (SSSR count). The lowest BCUT2D eigenvalue weighted by molar-refractivity contribution is -0.137. The molecule has 0 bridgehead atoms. The molecule has 1 aromatic heterocycles. The minimum absolute atomic E-state index is 0.171. The maximum absolute atomic E-state index is 12.9. The van der Waals surface area contributed by atoms with Crippen molar-refractivity contribution in [2.75, 3.05) is 25.0 Å². The van der Waals surface area contributed by atoms with Gasteiger partial charge in [-0.1, -0.05) is 12.1 Å². The zero-order valence-corrected chi connectivity index (χ0v) is 25.6. The summed E-state index contributed by atoms with van der Waals surface area (Å²) >= 11 is 0. The number of likely N-dealkylation sites (tertiary alicyclic amines) is 1. The fourth-order valence-corrected chi connectivity index (χ4v) is 6.27. The van der Waals surface area contributed by atoms with E-state index in [0.29, 0.717) is 55.9 Å². The van der Waals surface area contributed by atoms with Gasteiger partial charge in [-0.15, -0.1) is 0 Å². The Balaban J connectivity index is 0.900. The third kappa shape index (κ3) is 6.90. The summed E-state index contributed by atoms with van der Waals surface area (Å²) in [7, 11) is 0. The van der Waals surface area contributed by atoms with Gasteiger partial charge in [-0.2, -0.15) is 0 Å². The molecule has 2 aromatic carbocycles. The predicted octanol–water partition coefficient (Wildman–Crippen LogP) is 3.24. The number of carbonyl (C=O) groups excluding carboxylic acids is 4. The van der Waals surface area contributed by atoms with Gasteiger partial charge in [0.05, 0.1) is 22.9 Å². The highest BCUT2D eigenvalue weighted by Crippen LogP contribution is 2.29. The molecular weight excluding hydrogens is 584 g/mol. The Bertz CT molecular complexity index is 1700. The van der Waals surface area contributed by atoms with E-state index in [1.807, 2.05) is 47.5 Å². The fraction of sp³-hybridized carbons (Fsp3) is 0.382. The first-order chi connectivity index (χ1) is 22.4. The third-order valence-corrected chi connectivity index (χ3v) is 8.89. The Labute approximate surface area is 267 Å². The van der Waals surface area contributed by atoms with Crippen LogP contribution in [0.5, 0.6) is 0 Å². The molecule has 3 aromatic rings. The molecule has 3 aliphatic rings. The Morgan fingerprint density at radius 3 is 2.63 bits per heavy atom.